The largest absolute Gasteiger partial charge is 0.378 e. The van der Waals surface area contributed by atoms with E-state index >= 15 is 0 Å². The first-order valence-corrected chi connectivity index (χ1v) is 12.2. The molecule has 35 heavy (non-hydrogen) atoms. The molecule has 7 heteroatoms. The Hall–Kier alpha value is -3.58. The van der Waals surface area contributed by atoms with Gasteiger partial charge in [-0.3, -0.25) is 4.79 Å². The van der Waals surface area contributed by atoms with Crippen LogP contribution in [0.5, 0.6) is 0 Å². The van der Waals surface area contributed by atoms with E-state index in [0.717, 1.165) is 90.4 Å². The fourth-order valence-electron chi connectivity index (χ4n) is 4.85. The lowest BCUT2D eigenvalue weighted by molar-refractivity contribution is -0.112. The summed E-state index contributed by atoms with van der Waals surface area (Å²) < 4.78 is 5.50. The van der Waals surface area contributed by atoms with E-state index in [1.165, 1.54) is 5.57 Å². The Bertz CT molecular complexity index is 1310. The summed E-state index contributed by atoms with van der Waals surface area (Å²) in [7, 11) is 3.95. The van der Waals surface area contributed by atoms with Crippen molar-refractivity contribution < 1.29 is 9.53 Å². The van der Waals surface area contributed by atoms with Crippen molar-refractivity contribution in [3.05, 3.63) is 65.0 Å². The maximum atomic E-state index is 12.7. The first-order chi connectivity index (χ1) is 16.9. The van der Waals surface area contributed by atoms with Crippen LogP contribution in [0.1, 0.15) is 36.1 Å². The number of pyridine rings is 1. The highest BCUT2D eigenvalue weighted by molar-refractivity contribution is 6.21. The molecule has 1 aliphatic carbocycles. The molecule has 1 saturated carbocycles. The molecule has 1 aliphatic heterocycles. The van der Waals surface area contributed by atoms with Gasteiger partial charge in [0.15, 0.2) is 0 Å². The van der Waals surface area contributed by atoms with Crippen LogP contribution in [0.4, 0.5) is 11.5 Å². The molecule has 0 spiro atoms. The Balaban J connectivity index is 1.57. The Morgan fingerprint density at radius 3 is 2.54 bits per heavy atom. The zero-order valence-electron chi connectivity index (χ0n) is 20.7. The van der Waals surface area contributed by atoms with Crippen LogP contribution in [-0.4, -0.2) is 56.3 Å². The maximum Gasteiger partial charge on any atom is 0.250 e. The second-order valence-corrected chi connectivity index (χ2v) is 9.55. The molecule has 0 atom stereocenters. The SMILES string of the molecule is Cc1c(/C(=C\C(=C2CCC2)c2ccc(N(C)C)nc2)C(N)=O)[nH]c2cc(N3CCOCC3)ccc12. The van der Waals surface area contributed by atoms with Crippen LogP contribution in [0.2, 0.25) is 0 Å². The number of anilines is 2. The molecule has 0 radical (unpaired) electrons. The fourth-order valence-corrected chi connectivity index (χ4v) is 4.85. The minimum atomic E-state index is -0.441. The summed E-state index contributed by atoms with van der Waals surface area (Å²) in [6.07, 6.45) is 7.07. The van der Waals surface area contributed by atoms with Gasteiger partial charge >= 0.3 is 0 Å². The minimum Gasteiger partial charge on any atom is -0.378 e. The molecule has 3 heterocycles. The number of carbonyl (C=O) groups is 1. The number of hydrogen-bond acceptors (Lipinski definition) is 5. The molecular weight excluding hydrogens is 438 g/mol. The highest BCUT2D eigenvalue weighted by Gasteiger charge is 2.21. The molecule has 1 amide bonds. The third kappa shape index (κ3) is 4.56. The van der Waals surface area contributed by atoms with Crippen molar-refractivity contribution >= 4 is 39.5 Å². The van der Waals surface area contributed by atoms with Crippen molar-refractivity contribution in [1.29, 1.82) is 0 Å². The van der Waals surface area contributed by atoms with Crippen molar-refractivity contribution in [3.63, 3.8) is 0 Å². The Morgan fingerprint density at radius 1 is 1.17 bits per heavy atom. The molecule has 2 aromatic heterocycles. The van der Waals surface area contributed by atoms with Crippen LogP contribution >= 0.6 is 0 Å². The summed E-state index contributed by atoms with van der Waals surface area (Å²) >= 11 is 0. The van der Waals surface area contributed by atoms with Crippen LogP contribution < -0.4 is 15.5 Å². The number of aromatic amines is 1. The van der Waals surface area contributed by atoms with Crippen LogP contribution in [0.3, 0.4) is 0 Å². The fraction of sp³-hybridized carbons (Fsp3) is 0.357. The molecule has 1 saturated heterocycles. The topological polar surface area (TPSA) is 87.5 Å². The number of hydrogen-bond donors (Lipinski definition) is 2. The first kappa shape index (κ1) is 23.2. The summed E-state index contributed by atoms with van der Waals surface area (Å²) in [6, 6.07) is 10.5. The highest BCUT2D eigenvalue weighted by Crippen LogP contribution is 2.37. The number of fused-ring (bicyclic) bond motifs is 1. The third-order valence-electron chi connectivity index (χ3n) is 7.10. The number of carbonyl (C=O) groups excluding carboxylic acids is 1. The zero-order chi connectivity index (χ0) is 24.5. The maximum absolute atomic E-state index is 12.7. The summed E-state index contributed by atoms with van der Waals surface area (Å²) in [5.74, 6) is 0.455. The average Bonchev–Trinajstić information content (AvgIpc) is 3.16. The van der Waals surface area contributed by atoms with E-state index in [9.17, 15) is 4.79 Å². The average molecular weight is 472 g/mol. The molecule has 0 unspecified atom stereocenters. The van der Waals surface area contributed by atoms with Crippen LogP contribution in [0, 0.1) is 6.92 Å². The minimum absolute atomic E-state index is 0.441. The van der Waals surface area contributed by atoms with Crippen LogP contribution in [-0.2, 0) is 9.53 Å². The van der Waals surface area contributed by atoms with Gasteiger partial charge in [0, 0.05) is 55.5 Å². The van der Waals surface area contributed by atoms with Crippen molar-refractivity contribution in [2.24, 2.45) is 5.73 Å². The number of H-pyrrole nitrogens is 1. The zero-order valence-corrected chi connectivity index (χ0v) is 20.7. The number of rotatable bonds is 6. The van der Waals surface area contributed by atoms with Gasteiger partial charge in [0.1, 0.15) is 5.82 Å². The Labute approximate surface area is 206 Å². The molecule has 3 N–H and O–H groups in total. The monoisotopic (exact) mass is 471 g/mol. The first-order valence-electron chi connectivity index (χ1n) is 12.2. The molecule has 0 bridgehead atoms. The lowest BCUT2D eigenvalue weighted by Gasteiger charge is -2.28. The number of aryl methyl sites for hydroxylation is 1. The Morgan fingerprint density at radius 2 is 1.94 bits per heavy atom. The van der Waals surface area contributed by atoms with Crippen molar-refractivity contribution in [3.8, 4) is 0 Å². The van der Waals surface area contributed by atoms with Crippen LogP contribution in [0.25, 0.3) is 22.0 Å². The van der Waals surface area contributed by atoms with E-state index in [1.807, 2.05) is 44.3 Å². The highest BCUT2D eigenvalue weighted by atomic mass is 16.5. The Kier molecular flexibility index (Phi) is 6.34. The van der Waals surface area contributed by atoms with Gasteiger partial charge in [-0.15, -0.1) is 0 Å². The summed E-state index contributed by atoms with van der Waals surface area (Å²) in [5, 5.41) is 1.10. The van der Waals surface area contributed by atoms with Crippen LogP contribution in [0.15, 0.2) is 48.2 Å². The van der Waals surface area contributed by atoms with E-state index in [0.29, 0.717) is 5.57 Å². The quantitative estimate of drug-likeness (QED) is 0.524. The molecule has 2 fully saturated rings. The second kappa shape index (κ2) is 9.58. The predicted octanol–water partition coefficient (Wildman–Crippen LogP) is 4.28. The van der Waals surface area contributed by atoms with Gasteiger partial charge in [-0.2, -0.15) is 0 Å². The lowest BCUT2D eigenvalue weighted by atomic mass is 9.84. The normalized spacial score (nSPS) is 16.4. The van der Waals surface area contributed by atoms with Crippen molar-refractivity contribution in [2.45, 2.75) is 26.2 Å². The number of amides is 1. The van der Waals surface area contributed by atoms with E-state index in [4.69, 9.17) is 10.5 Å². The number of primary amides is 1. The number of aromatic nitrogens is 2. The third-order valence-corrected chi connectivity index (χ3v) is 7.10. The summed E-state index contributed by atoms with van der Waals surface area (Å²) in [5.41, 5.74) is 13.8. The molecule has 2 aliphatic rings. The van der Waals surface area contributed by atoms with Gasteiger partial charge in [-0.25, -0.2) is 4.98 Å². The van der Waals surface area contributed by atoms with E-state index in [1.54, 1.807) is 0 Å². The van der Waals surface area contributed by atoms with Gasteiger partial charge in [-0.05, 0) is 67.7 Å². The number of nitrogens with two attached hydrogens (primary N) is 1. The summed E-state index contributed by atoms with van der Waals surface area (Å²) in [6.45, 7) is 5.28. The standard InChI is InChI=1S/C28H33N5O2/c1-18-22-9-8-21(33-11-13-35-14-12-33)15-25(22)31-27(18)24(28(29)34)16-23(19-5-4-6-19)20-7-10-26(30-17-20)32(2)3/h7-10,15-17,31H,4-6,11-14H2,1-3H3,(H2,29,34)/b24-16+. The lowest BCUT2D eigenvalue weighted by Crippen LogP contribution is -2.36. The summed E-state index contributed by atoms with van der Waals surface area (Å²) in [4.78, 5) is 25.2. The number of nitrogens with zero attached hydrogens (tertiary/aromatic N) is 3. The molecule has 7 nitrogen and oxygen atoms in total. The molecule has 3 aromatic rings. The molecule has 1 aromatic carbocycles. The van der Waals surface area contributed by atoms with Crippen molar-refractivity contribution in [2.75, 3.05) is 50.2 Å². The molecular formula is C28H33N5O2. The van der Waals surface area contributed by atoms with Gasteiger partial charge in [0.25, 0.3) is 5.91 Å². The number of nitrogens with one attached hydrogen (secondary N) is 1. The molecule has 5 rings (SSSR count). The van der Waals surface area contributed by atoms with E-state index < -0.39 is 5.91 Å². The van der Waals surface area contributed by atoms with E-state index in [2.05, 4.69) is 39.1 Å². The van der Waals surface area contributed by atoms with Crippen molar-refractivity contribution in [1.82, 2.24) is 9.97 Å². The number of morpholine rings is 1. The predicted molar refractivity (Wildman–Crippen MR) is 143 cm³/mol. The van der Waals surface area contributed by atoms with E-state index in [-0.39, 0.29) is 0 Å². The van der Waals surface area contributed by atoms with Gasteiger partial charge in [0.05, 0.1) is 24.5 Å². The molecule has 182 valence electrons. The number of ether oxygens (including phenoxy) is 1. The second-order valence-electron chi connectivity index (χ2n) is 9.55. The number of benzene rings is 1. The van der Waals surface area contributed by atoms with Gasteiger partial charge < -0.3 is 25.3 Å². The smallest absolute Gasteiger partial charge is 0.250 e. The van der Waals surface area contributed by atoms with Gasteiger partial charge in [0.2, 0.25) is 0 Å². The number of allylic oxidation sites excluding steroid dienone is 3. The van der Waals surface area contributed by atoms with Gasteiger partial charge in [-0.1, -0.05) is 11.6 Å².